The summed E-state index contributed by atoms with van der Waals surface area (Å²) in [5, 5.41) is 23.4. The molecule has 0 spiro atoms. The van der Waals surface area contributed by atoms with E-state index >= 15 is 0 Å². The minimum atomic E-state index is -2.30. The lowest BCUT2D eigenvalue weighted by Crippen LogP contribution is -2.28. The first-order valence-electron chi connectivity index (χ1n) is 3.72. The highest BCUT2D eigenvalue weighted by atomic mass is 16.4. The summed E-state index contributed by atoms with van der Waals surface area (Å²) in [6.45, 7) is 0. The second-order valence-corrected chi connectivity index (χ2v) is 2.31. The van der Waals surface area contributed by atoms with Gasteiger partial charge in [-0.3, -0.25) is 4.79 Å². The van der Waals surface area contributed by atoms with Crippen molar-refractivity contribution in [2.75, 3.05) is 0 Å². The number of carboxylic acid groups (broad SMARTS) is 2. The van der Waals surface area contributed by atoms with Gasteiger partial charge in [0.1, 0.15) is 0 Å². The first-order valence-corrected chi connectivity index (χ1v) is 3.72. The number of pyridine rings is 1. The summed E-state index contributed by atoms with van der Waals surface area (Å²) in [4.78, 5) is 31.7. The summed E-state index contributed by atoms with van der Waals surface area (Å²) >= 11 is 0. The second-order valence-electron chi connectivity index (χ2n) is 2.31. The fourth-order valence-corrected chi connectivity index (χ4v) is 0.482. The molecule has 82 valence electrons. The van der Waals surface area contributed by atoms with Gasteiger partial charge < -0.3 is 20.3 Å². The molecule has 0 amide bonds. The molecular weight excluding hydrogens is 206 g/mol. The standard InChI is InChI=1S/C5H5NO.C3H4O5/c7-5-3-1-2-4-6-5;4-1(2(5)6)3(7)8/h1-4H,(H,6,7);1,4H,(H,5,6)(H,7,8). The maximum absolute atomic E-state index is 10.2. The Labute approximate surface area is 83.6 Å². The van der Waals surface area contributed by atoms with Crippen LogP contribution in [-0.2, 0) is 9.59 Å². The Balaban J connectivity index is 0.000000262. The quantitative estimate of drug-likeness (QED) is 0.463. The van der Waals surface area contributed by atoms with Crippen LogP contribution in [0, 0.1) is 0 Å². The number of hydrogen-bond acceptors (Lipinski definition) is 4. The van der Waals surface area contributed by atoms with Gasteiger partial charge in [-0.2, -0.15) is 0 Å². The average Bonchev–Trinajstić information content (AvgIpc) is 2.18. The lowest BCUT2D eigenvalue weighted by molar-refractivity contribution is -0.160. The number of carbonyl (C=O) groups is 2. The molecule has 0 aliphatic carbocycles. The molecule has 0 fully saturated rings. The van der Waals surface area contributed by atoms with Crippen LogP contribution >= 0.6 is 0 Å². The summed E-state index contributed by atoms with van der Waals surface area (Å²) in [6, 6.07) is 4.93. The third-order valence-corrected chi connectivity index (χ3v) is 1.15. The second kappa shape index (κ2) is 6.33. The lowest BCUT2D eigenvalue weighted by Gasteiger charge is -1.93. The van der Waals surface area contributed by atoms with Crippen molar-refractivity contribution in [1.29, 1.82) is 0 Å². The Morgan fingerprint density at radius 1 is 1.20 bits per heavy atom. The maximum atomic E-state index is 10.2. The number of aliphatic hydroxyl groups is 1. The van der Waals surface area contributed by atoms with Crippen molar-refractivity contribution < 1.29 is 24.9 Å². The molecule has 0 unspecified atom stereocenters. The van der Waals surface area contributed by atoms with Crippen LogP contribution in [0.5, 0.6) is 0 Å². The Kier molecular flexibility index (Phi) is 5.42. The molecule has 1 rings (SSSR count). The van der Waals surface area contributed by atoms with E-state index in [9.17, 15) is 14.4 Å². The molecule has 4 N–H and O–H groups in total. The molecule has 0 atom stereocenters. The normalized spacial score (nSPS) is 8.93. The molecule has 1 heterocycles. The Morgan fingerprint density at radius 2 is 1.73 bits per heavy atom. The zero-order valence-corrected chi connectivity index (χ0v) is 7.45. The molecule has 1 aromatic heterocycles. The first-order chi connectivity index (χ1) is 6.95. The van der Waals surface area contributed by atoms with Gasteiger partial charge in [-0.15, -0.1) is 0 Å². The van der Waals surface area contributed by atoms with Gasteiger partial charge in [-0.25, -0.2) is 9.59 Å². The number of H-pyrrole nitrogens is 1. The smallest absolute Gasteiger partial charge is 0.344 e. The van der Waals surface area contributed by atoms with Crippen LogP contribution in [0.2, 0.25) is 0 Å². The van der Waals surface area contributed by atoms with Crippen LogP contribution < -0.4 is 5.56 Å². The van der Waals surface area contributed by atoms with E-state index in [0.29, 0.717) is 0 Å². The third-order valence-electron chi connectivity index (χ3n) is 1.15. The first kappa shape index (κ1) is 12.8. The molecule has 0 aromatic carbocycles. The minimum absolute atomic E-state index is 0.0532. The highest BCUT2D eigenvalue weighted by Gasteiger charge is 2.20. The van der Waals surface area contributed by atoms with Crippen LogP contribution in [0.1, 0.15) is 0 Å². The fraction of sp³-hybridized carbons (Fsp3) is 0.125. The van der Waals surface area contributed by atoms with Crippen molar-refractivity contribution in [1.82, 2.24) is 4.98 Å². The highest BCUT2D eigenvalue weighted by molar-refractivity contribution is 5.95. The van der Waals surface area contributed by atoms with E-state index in [1.807, 2.05) is 0 Å². The number of aliphatic carboxylic acids is 2. The van der Waals surface area contributed by atoms with E-state index < -0.39 is 18.0 Å². The van der Waals surface area contributed by atoms with Gasteiger partial charge >= 0.3 is 11.9 Å². The zero-order chi connectivity index (χ0) is 11.8. The van der Waals surface area contributed by atoms with Crippen LogP contribution in [0.4, 0.5) is 0 Å². The van der Waals surface area contributed by atoms with E-state index in [2.05, 4.69) is 4.98 Å². The zero-order valence-electron chi connectivity index (χ0n) is 7.45. The van der Waals surface area contributed by atoms with E-state index in [4.69, 9.17) is 15.3 Å². The van der Waals surface area contributed by atoms with E-state index in [1.54, 1.807) is 18.3 Å². The van der Waals surface area contributed by atoms with Crippen molar-refractivity contribution in [2.45, 2.75) is 6.10 Å². The Morgan fingerprint density at radius 3 is 1.87 bits per heavy atom. The van der Waals surface area contributed by atoms with Crippen LogP contribution in [0.3, 0.4) is 0 Å². The molecule has 1 aromatic rings. The van der Waals surface area contributed by atoms with Gasteiger partial charge in [0.15, 0.2) is 0 Å². The summed E-state index contributed by atoms with van der Waals surface area (Å²) in [5.74, 6) is -3.50. The van der Waals surface area contributed by atoms with Gasteiger partial charge in [-0.1, -0.05) is 6.07 Å². The van der Waals surface area contributed by atoms with Gasteiger partial charge in [0, 0.05) is 12.3 Å². The number of aromatic nitrogens is 1. The third kappa shape index (κ3) is 5.99. The largest absolute Gasteiger partial charge is 0.479 e. The van der Waals surface area contributed by atoms with Crippen molar-refractivity contribution in [2.24, 2.45) is 0 Å². The summed E-state index contributed by atoms with van der Waals surface area (Å²) in [7, 11) is 0. The van der Waals surface area contributed by atoms with Gasteiger partial charge in [-0.05, 0) is 6.07 Å². The molecule has 0 saturated carbocycles. The molecule has 0 bridgehead atoms. The predicted octanol–water partition coefficient (Wildman–Crippen LogP) is -1.11. The number of aromatic amines is 1. The molecule has 0 aliphatic rings. The van der Waals surface area contributed by atoms with Crippen molar-refractivity contribution in [3.8, 4) is 0 Å². The monoisotopic (exact) mass is 215 g/mol. The van der Waals surface area contributed by atoms with Crippen LogP contribution in [0.25, 0.3) is 0 Å². The Hall–Kier alpha value is -2.15. The number of rotatable bonds is 2. The Bertz CT molecular complexity index is 353. The SMILES string of the molecule is O=C(O)C(O)C(=O)O.O=c1cccc[nH]1. The molecule has 7 nitrogen and oxygen atoms in total. The van der Waals surface area contributed by atoms with Gasteiger partial charge in [0.25, 0.3) is 0 Å². The molecule has 0 aliphatic heterocycles. The van der Waals surface area contributed by atoms with E-state index in [-0.39, 0.29) is 5.56 Å². The summed E-state index contributed by atoms with van der Waals surface area (Å²) in [6.07, 6.45) is -0.697. The topological polar surface area (TPSA) is 128 Å². The van der Waals surface area contributed by atoms with E-state index in [0.717, 1.165) is 0 Å². The van der Waals surface area contributed by atoms with Gasteiger partial charge in [0.2, 0.25) is 11.7 Å². The average molecular weight is 215 g/mol. The maximum Gasteiger partial charge on any atom is 0.344 e. The van der Waals surface area contributed by atoms with Crippen LogP contribution in [-0.4, -0.2) is 38.3 Å². The number of hydrogen-bond donors (Lipinski definition) is 4. The van der Waals surface area contributed by atoms with Crippen molar-refractivity contribution >= 4 is 11.9 Å². The minimum Gasteiger partial charge on any atom is -0.479 e. The lowest BCUT2D eigenvalue weighted by atomic mass is 10.4. The highest BCUT2D eigenvalue weighted by Crippen LogP contribution is 1.79. The molecular formula is C8H9NO6. The molecule has 7 heteroatoms. The fourth-order valence-electron chi connectivity index (χ4n) is 0.482. The van der Waals surface area contributed by atoms with Crippen LogP contribution in [0.15, 0.2) is 29.2 Å². The molecule has 15 heavy (non-hydrogen) atoms. The van der Waals surface area contributed by atoms with Crippen molar-refractivity contribution in [3.63, 3.8) is 0 Å². The van der Waals surface area contributed by atoms with Crippen molar-refractivity contribution in [3.05, 3.63) is 34.7 Å². The number of aliphatic hydroxyl groups excluding tert-OH is 1. The number of carboxylic acids is 2. The summed E-state index contributed by atoms with van der Waals surface area (Å²) in [5.41, 5.74) is -0.0532. The van der Waals surface area contributed by atoms with Gasteiger partial charge in [0.05, 0.1) is 0 Å². The molecule has 0 radical (unpaired) electrons. The molecule has 0 saturated heterocycles. The summed E-state index contributed by atoms with van der Waals surface area (Å²) < 4.78 is 0. The van der Waals surface area contributed by atoms with E-state index in [1.165, 1.54) is 6.07 Å². The predicted molar refractivity (Wildman–Crippen MR) is 48.3 cm³/mol. The number of nitrogens with one attached hydrogen (secondary N) is 1.